The lowest BCUT2D eigenvalue weighted by molar-refractivity contribution is 0.0604. The minimum atomic E-state index is -3.59. The molecule has 130 valence electrons. The number of hydrogen-bond donors (Lipinski definition) is 1. The number of carbonyl (C=O) groups excluding carboxylic acids is 1. The second-order valence-corrected chi connectivity index (χ2v) is 8.54. The normalized spacial score (nSPS) is 11.1. The summed E-state index contributed by atoms with van der Waals surface area (Å²) >= 11 is 2.36. The molecular weight excluding hydrogens is 382 g/mol. The van der Waals surface area contributed by atoms with E-state index in [1.165, 1.54) is 24.5 Å². The van der Waals surface area contributed by atoms with Crippen LogP contribution in [0.2, 0.25) is 0 Å². The molecule has 0 aliphatic rings. The first-order valence-corrected chi connectivity index (χ1v) is 10.2. The fourth-order valence-electron chi connectivity index (χ4n) is 1.96. The molecule has 0 saturated carbocycles. The molecule has 25 heavy (non-hydrogen) atoms. The molecule has 9 heteroatoms. The molecule has 0 bridgehead atoms. The quantitative estimate of drug-likeness (QED) is 0.633. The minimum absolute atomic E-state index is 0.244. The van der Waals surface area contributed by atoms with E-state index in [9.17, 15) is 13.2 Å². The van der Waals surface area contributed by atoms with Crippen molar-refractivity contribution in [2.75, 3.05) is 11.8 Å². The highest BCUT2D eigenvalue weighted by Crippen LogP contribution is 2.31. The molecule has 3 rings (SSSR count). The van der Waals surface area contributed by atoms with Crippen molar-refractivity contribution in [2.45, 2.75) is 4.21 Å². The Balaban J connectivity index is 1.73. The van der Waals surface area contributed by atoms with Crippen LogP contribution in [0, 0.1) is 0 Å². The number of methoxy groups -OCH3 is 1. The molecule has 2 heterocycles. The van der Waals surface area contributed by atoms with Crippen LogP contribution in [-0.2, 0) is 14.8 Å². The summed E-state index contributed by atoms with van der Waals surface area (Å²) in [6.45, 7) is 0. The van der Waals surface area contributed by atoms with E-state index in [1.54, 1.807) is 47.2 Å². The van der Waals surface area contributed by atoms with Gasteiger partial charge in [-0.15, -0.1) is 22.7 Å². The summed E-state index contributed by atoms with van der Waals surface area (Å²) in [5.41, 5.74) is 0.416. The second kappa shape index (κ2) is 7.26. The first-order valence-electron chi connectivity index (χ1n) is 6.99. The summed E-state index contributed by atoms with van der Waals surface area (Å²) < 4.78 is 37.5. The van der Waals surface area contributed by atoms with Gasteiger partial charge in [-0.3, -0.25) is 4.72 Å². The van der Waals surface area contributed by atoms with Gasteiger partial charge >= 0.3 is 5.97 Å². The van der Waals surface area contributed by atoms with Gasteiger partial charge in [0.15, 0.2) is 10.6 Å². The van der Waals surface area contributed by atoms with Gasteiger partial charge in [0, 0.05) is 5.69 Å². The van der Waals surface area contributed by atoms with Gasteiger partial charge < -0.3 is 9.47 Å². The standard InChI is InChI=1S/C16H13NO5S3/c1-21-16(18)15-13(8-10-24-15)22-12-6-4-11(5-7-12)17-25(19,20)14-3-2-9-23-14/h2-10,17H,1H3. The van der Waals surface area contributed by atoms with Crippen LogP contribution in [0.5, 0.6) is 11.5 Å². The van der Waals surface area contributed by atoms with Gasteiger partial charge in [0.1, 0.15) is 9.96 Å². The van der Waals surface area contributed by atoms with Crippen molar-refractivity contribution < 1.29 is 22.7 Å². The summed E-state index contributed by atoms with van der Waals surface area (Å²) in [6.07, 6.45) is 0. The molecule has 0 aliphatic carbocycles. The number of benzene rings is 1. The maximum atomic E-state index is 12.2. The van der Waals surface area contributed by atoms with Crippen LogP contribution >= 0.6 is 22.7 Å². The minimum Gasteiger partial charge on any atom is -0.465 e. The summed E-state index contributed by atoms with van der Waals surface area (Å²) in [7, 11) is -2.28. The summed E-state index contributed by atoms with van der Waals surface area (Å²) in [4.78, 5) is 12.0. The number of thiophene rings is 2. The third-order valence-electron chi connectivity index (χ3n) is 3.09. The first kappa shape index (κ1) is 17.5. The third-order valence-corrected chi connectivity index (χ3v) is 6.75. The Morgan fingerprint density at radius 2 is 1.80 bits per heavy atom. The van der Waals surface area contributed by atoms with Crippen LogP contribution in [-0.4, -0.2) is 21.5 Å². The van der Waals surface area contributed by atoms with Gasteiger partial charge in [0.2, 0.25) is 0 Å². The van der Waals surface area contributed by atoms with E-state index in [0.717, 1.165) is 11.3 Å². The number of anilines is 1. The first-order chi connectivity index (χ1) is 12.0. The van der Waals surface area contributed by atoms with E-state index in [-0.39, 0.29) is 4.21 Å². The Morgan fingerprint density at radius 3 is 2.44 bits per heavy atom. The summed E-state index contributed by atoms with van der Waals surface area (Å²) in [5, 5.41) is 3.43. The Labute approximate surface area is 152 Å². The molecule has 0 radical (unpaired) electrons. The highest BCUT2D eigenvalue weighted by atomic mass is 32.2. The van der Waals surface area contributed by atoms with Crippen molar-refractivity contribution in [3.63, 3.8) is 0 Å². The largest absolute Gasteiger partial charge is 0.465 e. The molecule has 0 spiro atoms. The smallest absolute Gasteiger partial charge is 0.351 e. The zero-order valence-electron chi connectivity index (χ0n) is 13.0. The molecule has 2 aromatic heterocycles. The van der Waals surface area contributed by atoms with Crippen molar-refractivity contribution in [3.8, 4) is 11.5 Å². The van der Waals surface area contributed by atoms with Crippen molar-refractivity contribution >= 4 is 44.4 Å². The average molecular weight is 395 g/mol. The third kappa shape index (κ3) is 4.01. The van der Waals surface area contributed by atoms with Gasteiger partial charge in [-0.25, -0.2) is 13.2 Å². The lowest BCUT2D eigenvalue weighted by Crippen LogP contribution is -2.11. The van der Waals surface area contributed by atoms with Crippen LogP contribution in [0.4, 0.5) is 5.69 Å². The Hall–Kier alpha value is -2.36. The van der Waals surface area contributed by atoms with Gasteiger partial charge in [0.25, 0.3) is 10.0 Å². The number of hydrogen-bond acceptors (Lipinski definition) is 7. The fraction of sp³-hybridized carbons (Fsp3) is 0.0625. The number of sulfonamides is 1. The van der Waals surface area contributed by atoms with Crippen molar-refractivity contribution in [1.29, 1.82) is 0 Å². The zero-order valence-corrected chi connectivity index (χ0v) is 15.4. The molecule has 0 unspecified atom stereocenters. The van der Waals surface area contributed by atoms with Gasteiger partial charge in [-0.1, -0.05) is 6.07 Å². The van der Waals surface area contributed by atoms with Crippen molar-refractivity contribution in [1.82, 2.24) is 0 Å². The molecule has 3 aromatic rings. The van der Waals surface area contributed by atoms with Crippen LogP contribution < -0.4 is 9.46 Å². The number of esters is 1. The van der Waals surface area contributed by atoms with E-state index in [2.05, 4.69) is 4.72 Å². The monoisotopic (exact) mass is 395 g/mol. The predicted molar refractivity (Wildman–Crippen MR) is 97.3 cm³/mol. The molecule has 6 nitrogen and oxygen atoms in total. The fourth-order valence-corrected chi connectivity index (χ4v) is 4.74. The maximum Gasteiger partial charge on any atom is 0.351 e. The molecular formula is C16H13NO5S3. The molecule has 0 fully saturated rings. The molecule has 0 amide bonds. The topological polar surface area (TPSA) is 81.7 Å². The molecule has 0 saturated heterocycles. The van der Waals surface area contributed by atoms with Crippen LogP contribution in [0.25, 0.3) is 0 Å². The molecule has 1 N–H and O–H groups in total. The van der Waals surface area contributed by atoms with E-state index in [0.29, 0.717) is 22.1 Å². The van der Waals surface area contributed by atoms with E-state index in [1.807, 2.05) is 0 Å². The van der Waals surface area contributed by atoms with Gasteiger partial charge in [-0.2, -0.15) is 0 Å². The molecule has 1 aromatic carbocycles. The van der Waals surface area contributed by atoms with Crippen LogP contribution in [0.15, 0.2) is 57.4 Å². The molecule has 0 aliphatic heterocycles. The number of carbonyl (C=O) groups is 1. The maximum absolute atomic E-state index is 12.2. The van der Waals surface area contributed by atoms with E-state index in [4.69, 9.17) is 9.47 Å². The Kier molecular flexibility index (Phi) is 5.07. The summed E-state index contributed by atoms with van der Waals surface area (Å²) in [6, 6.07) is 11.3. The van der Waals surface area contributed by atoms with Crippen molar-refractivity contribution in [2.24, 2.45) is 0 Å². The Bertz CT molecular complexity index is 960. The van der Waals surface area contributed by atoms with Crippen LogP contribution in [0.3, 0.4) is 0 Å². The predicted octanol–water partition coefficient (Wildman–Crippen LogP) is 4.19. The number of ether oxygens (including phenoxy) is 2. The SMILES string of the molecule is COC(=O)c1sccc1Oc1ccc(NS(=O)(=O)c2cccs2)cc1. The summed E-state index contributed by atoms with van der Waals surface area (Å²) in [5.74, 6) is 0.400. The van der Waals surface area contributed by atoms with Crippen LogP contribution in [0.1, 0.15) is 9.67 Å². The highest BCUT2D eigenvalue weighted by Gasteiger charge is 2.17. The number of rotatable bonds is 6. The van der Waals surface area contributed by atoms with Crippen molar-refractivity contribution in [3.05, 3.63) is 58.1 Å². The highest BCUT2D eigenvalue weighted by molar-refractivity contribution is 7.94. The zero-order chi connectivity index (χ0) is 17.9. The van der Waals surface area contributed by atoms with E-state index >= 15 is 0 Å². The lowest BCUT2D eigenvalue weighted by Gasteiger charge is -2.09. The number of nitrogens with one attached hydrogen (secondary N) is 1. The second-order valence-electron chi connectivity index (χ2n) is 4.77. The van der Waals surface area contributed by atoms with Gasteiger partial charge in [0.05, 0.1) is 7.11 Å². The average Bonchev–Trinajstić information content (AvgIpc) is 3.27. The molecule has 0 atom stereocenters. The van der Waals surface area contributed by atoms with Gasteiger partial charge in [-0.05, 0) is 47.2 Å². The lowest BCUT2D eigenvalue weighted by atomic mass is 10.3. The van der Waals surface area contributed by atoms with E-state index < -0.39 is 16.0 Å². The Morgan fingerprint density at radius 1 is 1.04 bits per heavy atom.